The maximum absolute atomic E-state index is 13.3. The Balaban J connectivity index is 1.64. The zero-order valence-corrected chi connectivity index (χ0v) is 15.2. The van der Waals surface area contributed by atoms with Crippen LogP contribution in [0.2, 0.25) is 0 Å². The van der Waals surface area contributed by atoms with Crippen molar-refractivity contribution < 1.29 is 22.7 Å². The van der Waals surface area contributed by atoms with E-state index in [1.54, 1.807) is 61.7 Å². The number of hydrogen-bond acceptors (Lipinski definition) is 2. The number of amides is 1. The van der Waals surface area contributed by atoms with Crippen molar-refractivity contribution in [1.29, 1.82) is 0 Å². The lowest BCUT2D eigenvalue weighted by Crippen LogP contribution is -2.26. The average molecular weight is 388 g/mol. The summed E-state index contributed by atoms with van der Waals surface area (Å²) in [6.45, 7) is 0.0953. The third kappa shape index (κ3) is 4.54. The Morgan fingerprint density at radius 3 is 2.54 bits per heavy atom. The van der Waals surface area contributed by atoms with E-state index in [1.807, 2.05) is 0 Å². The van der Waals surface area contributed by atoms with Gasteiger partial charge in [-0.25, -0.2) is 0 Å². The second kappa shape index (κ2) is 8.21. The number of ether oxygens (including phenoxy) is 1. The first-order valence-electron chi connectivity index (χ1n) is 8.64. The number of fused-ring (bicyclic) bond motifs is 1. The van der Waals surface area contributed by atoms with Gasteiger partial charge in [-0.1, -0.05) is 30.3 Å². The predicted octanol–water partition coefficient (Wildman–Crippen LogP) is 4.50. The Bertz CT molecular complexity index is 989. The van der Waals surface area contributed by atoms with Crippen LogP contribution in [0.1, 0.15) is 11.3 Å². The molecule has 0 atom stereocenters. The molecule has 1 amide bonds. The van der Waals surface area contributed by atoms with E-state index in [-0.39, 0.29) is 19.0 Å². The normalized spacial score (nSPS) is 11.9. The van der Waals surface area contributed by atoms with Crippen LogP contribution in [-0.2, 0) is 17.5 Å². The first-order chi connectivity index (χ1) is 13.4. The molecule has 3 rings (SSSR count). The molecule has 0 fully saturated rings. The zero-order valence-electron chi connectivity index (χ0n) is 15.2. The number of hydrogen-bond donors (Lipinski definition) is 1. The number of rotatable bonds is 6. The van der Waals surface area contributed by atoms with E-state index in [1.165, 1.54) is 10.6 Å². The van der Waals surface area contributed by atoms with Crippen molar-refractivity contribution in [2.45, 2.75) is 12.7 Å². The highest BCUT2D eigenvalue weighted by molar-refractivity contribution is 5.91. The van der Waals surface area contributed by atoms with E-state index in [2.05, 4.69) is 5.32 Å². The maximum Gasteiger partial charge on any atom is 0.431 e. The van der Waals surface area contributed by atoms with Gasteiger partial charge in [0.1, 0.15) is 11.4 Å². The van der Waals surface area contributed by atoms with Crippen molar-refractivity contribution in [3.8, 4) is 5.75 Å². The monoisotopic (exact) mass is 388 g/mol. The van der Waals surface area contributed by atoms with Crippen LogP contribution in [0.15, 0.2) is 60.7 Å². The van der Waals surface area contributed by atoms with Crippen molar-refractivity contribution >= 4 is 22.9 Å². The topological polar surface area (TPSA) is 43.3 Å². The number of aromatic nitrogens is 1. The number of para-hydroxylation sites is 1. The molecule has 1 heterocycles. The number of halogens is 3. The van der Waals surface area contributed by atoms with Crippen LogP contribution in [0, 0.1) is 0 Å². The molecular formula is C21H19F3N2O2. The van der Waals surface area contributed by atoms with Crippen molar-refractivity contribution in [3.63, 3.8) is 0 Å². The summed E-state index contributed by atoms with van der Waals surface area (Å²) in [5, 5.41) is 3.13. The Labute approximate surface area is 160 Å². The number of alkyl halides is 3. The molecule has 0 aliphatic rings. The van der Waals surface area contributed by atoms with E-state index in [4.69, 9.17) is 4.74 Å². The summed E-state index contributed by atoms with van der Waals surface area (Å²) in [4.78, 5) is 12.0. The van der Waals surface area contributed by atoms with Gasteiger partial charge < -0.3 is 14.6 Å². The lowest BCUT2D eigenvalue weighted by molar-refractivity contribution is -0.143. The minimum absolute atomic E-state index is 0.0183. The standard InChI is InChI=1S/C21H19F3N2O2/c1-28-17-9-6-15(7-10-17)8-11-20(27)25-12-13-26-18-5-3-2-4-16(18)14-19(26)21(22,23)24/h2-11,14H,12-13H2,1H3,(H,25,27)/b11-8+. The van der Waals surface area contributed by atoms with Crippen LogP contribution in [0.5, 0.6) is 5.75 Å². The summed E-state index contributed by atoms with van der Waals surface area (Å²) in [6, 6.07) is 14.9. The van der Waals surface area contributed by atoms with E-state index in [0.29, 0.717) is 16.7 Å². The van der Waals surface area contributed by atoms with Crippen LogP contribution >= 0.6 is 0 Å². The fraction of sp³-hybridized carbons (Fsp3) is 0.190. The Hall–Kier alpha value is -3.22. The quantitative estimate of drug-likeness (QED) is 0.632. The zero-order chi connectivity index (χ0) is 20.1. The Kier molecular flexibility index (Phi) is 5.73. The smallest absolute Gasteiger partial charge is 0.431 e. The van der Waals surface area contributed by atoms with Gasteiger partial charge in [-0.15, -0.1) is 0 Å². The van der Waals surface area contributed by atoms with Crippen LogP contribution in [0.4, 0.5) is 13.2 Å². The van der Waals surface area contributed by atoms with E-state index in [9.17, 15) is 18.0 Å². The van der Waals surface area contributed by atoms with Gasteiger partial charge in [0.2, 0.25) is 5.91 Å². The fourth-order valence-electron chi connectivity index (χ4n) is 2.92. The molecule has 1 N–H and O–H groups in total. The number of carbonyl (C=O) groups excluding carboxylic acids is 1. The molecule has 0 bridgehead atoms. The summed E-state index contributed by atoms with van der Waals surface area (Å²) in [5.41, 5.74) is 0.571. The molecule has 2 aromatic carbocycles. The minimum Gasteiger partial charge on any atom is -0.497 e. The second-order valence-electron chi connectivity index (χ2n) is 6.14. The molecule has 0 unspecified atom stereocenters. The molecule has 4 nitrogen and oxygen atoms in total. The van der Waals surface area contributed by atoms with Gasteiger partial charge in [-0.2, -0.15) is 13.2 Å². The highest BCUT2D eigenvalue weighted by Crippen LogP contribution is 2.33. The van der Waals surface area contributed by atoms with Gasteiger partial charge in [-0.05, 0) is 35.9 Å². The SMILES string of the molecule is COc1ccc(/C=C/C(=O)NCCn2c(C(F)(F)F)cc3ccccc32)cc1. The van der Waals surface area contributed by atoms with Crippen LogP contribution < -0.4 is 10.1 Å². The van der Waals surface area contributed by atoms with Crippen molar-refractivity contribution in [3.05, 3.63) is 71.9 Å². The van der Waals surface area contributed by atoms with E-state index < -0.39 is 11.9 Å². The van der Waals surface area contributed by atoms with Crippen molar-refractivity contribution in [1.82, 2.24) is 9.88 Å². The first kappa shape index (κ1) is 19.5. The largest absolute Gasteiger partial charge is 0.497 e. The van der Waals surface area contributed by atoms with E-state index in [0.717, 1.165) is 11.6 Å². The van der Waals surface area contributed by atoms with Gasteiger partial charge in [0.05, 0.1) is 7.11 Å². The number of carbonyl (C=O) groups is 1. The molecule has 0 aliphatic carbocycles. The lowest BCUT2D eigenvalue weighted by atomic mass is 10.2. The molecule has 0 aliphatic heterocycles. The third-order valence-electron chi connectivity index (χ3n) is 4.28. The molecule has 7 heteroatoms. The van der Waals surface area contributed by atoms with Gasteiger partial charge in [0, 0.05) is 30.1 Å². The van der Waals surface area contributed by atoms with Crippen LogP contribution in [-0.4, -0.2) is 24.1 Å². The van der Waals surface area contributed by atoms with Crippen molar-refractivity contribution in [2.75, 3.05) is 13.7 Å². The minimum atomic E-state index is -4.46. The maximum atomic E-state index is 13.3. The third-order valence-corrected chi connectivity index (χ3v) is 4.28. The van der Waals surface area contributed by atoms with Gasteiger partial charge >= 0.3 is 6.18 Å². The van der Waals surface area contributed by atoms with Gasteiger partial charge in [0.15, 0.2) is 0 Å². The summed E-state index contributed by atoms with van der Waals surface area (Å²) in [5.74, 6) is 0.335. The lowest BCUT2D eigenvalue weighted by Gasteiger charge is -2.13. The summed E-state index contributed by atoms with van der Waals surface area (Å²) in [6.07, 6.45) is -1.49. The molecule has 0 spiro atoms. The Morgan fingerprint density at radius 1 is 1.14 bits per heavy atom. The van der Waals surface area contributed by atoms with Gasteiger partial charge in [0.25, 0.3) is 0 Å². The molecule has 3 aromatic rings. The molecule has 1 aromatic heterocycles. The Morgan fingerprint density at radius 2 is 1.86 bits per heavy atom. The van der Waals surface area contributed by atoms with Crippen LogP contribution in [0.25, 0.3) is 17.0 Å². The summed E-state index contributed by atoms with van der Waals surface area (Å²) in [7, 11) is 1.57. The number of nitrogens with zero attached hydrogens (tertiary/aromatic N) is 1. The predicted molar refractivity (Wildman–Crippen MR) is 102 cm³/mol. The molecule has 0 saturated carbocycles. The second-order valence-corrected chi connectivity index (χ2v) is 6.14. The molecule has 0 radical (unpaired) electrons. The fourth-order valence-corrected chi connectivity index (χ4v) is 2.92. The molecule has 28 heavy (non-hydrogen) atoms. The van der Waals surface area contributed by atoms with E-state index >= 15 is 0 Å². The molecule has 0 saturated heterocycles. The van der Waals surface area contributed by atoms with Crippen LogP contribution in [0.3, 0.4) is 0 Å². The number of benzene rings is 2. The number of methoxy groups -OCH3 is 1. The van der Waals surface area contributed by atoms with Crippen molar-refractivity contribution in [2.24, 2.45) is 0 Å². The molecular weight excluding hydrogens is 369 g/mol. The average Bonchev–Trinajstić information content (AvgIpc) is 3.06. The highest BCUT2D eigenvalue weighted by atomic mass is 19.4. The summed E-state index contributed by atoms with van der Waals surface area (Å²) >= 11 is 0. The highest BCUT2D eigenvalue weighted by Gasteiger charge is 2.35. The van der Waals surface area contributed by atoms with Gasteiger partial charge in [-0.3, -0.25) is 4.79 Å². The first-order valence-corrected chi connectivity index (χ1v) is 8.64. The number of nitrogens with one attached hydrogen (secondary N) is 1. The summed E-state index contributed by atoms with van der Waals surface area (Å²) < 4.78 is 46.2. The molecule has 146 valence electrons.